The first-order chi connectivity index (χ1) is 11.1. The van der Waals surface area contributed by atoms with Crippen molar-refractivity contribution in [3.05, 3.63) is 11.9 Å². The van der Waals surface area contributed by atoms with E-state index in [4.69, 9.17) is 5.26 Å². The monoisotopic (exact) mass is 314 g/mol. The van der Waals surface area contributed by atoms with Crippen LogP contribution in [0.15, 0.2) is 6.33 Å². The van der Waals surface area contributed by atoms with E-state index in [1.807, 2.05) is 18.0 Å². The molecule has 0 bridgehead atoms. The van der Waals surface area contributed by atoms with Gasteiger partial charge in [0.15, 0.2) is 0 Å². The summed E-state index contributed by atoms with van der Waals surface area (Å²) in [5.74, 6) is 2.26. The molecule has 1 aromatic heterocycles. The van der Waals surface area contributed by atoms with Crippen LogP contribution >= 0.6 is 0 Å². The predicted molar refractivity (Wildman–Crippen MR) is 87.0 cm³/mol. The van der Waals surface area contributed by atoms with Crippen molar-refractivity contribution < 1.29 is 4.79 Å². The molecule has 7 heteroatoms. The Kier molecular flexibility index (Phi) is 4.33. The lowest BCUT2D eigenvalue weighted by molar-refractivity contribution is -0.131. The molecule has 1 fully saturated rings. The molecule has 1 aromatic rings. The van der Waals surface area contributed by atoms with Gasteiger partial charge in [-0.2, -0.15) is 5.26 Å². The fraction of sp³-hybridized carbons (Fsp3) is 0.625. The Hall–Kier alpha value is -2.36. The summed E-state index contributed by atoms with van der Waals surface area (Å²) in [6.45, 7) is 4.48. The number of aromatic nitrogens is 2. The van der Waals surface area contributed by atoms with E-state index < -0.39 is 0 Å². The Morgan fingerprint density at radius 1 is 1.57 bits per heavy atom. The number of piperidine rings is 1. The number of nitrogens with one attached hydrogen (secondary N) is 1. The molecule has 7 nitrogen and oxygen atoms in total. The van der Waals surface area contributed by atoms with Gasteiger partial charge in [0.1, 0.15) is 24.4 Å². The van der Waals surface area contributed by atoms with Gasteiger partial charge < -0.3 is 15.1 Å². The molecule has 0 aromatic carbocycles. The second kappa shape index (κ2) is 6.41. The van der Waals surface area contributed by atoms with Crippen molar-refractivity contribution in [2.24, 2.45) is 5.92 Å². The molecule has 2 atom stereocenters. The van der Waals surface area contributed by atoms with Crippen LogP contribution in [0, 0.1) is 17.2 Å². The molecule has 0 radical (unpaired) electrons. The smallest absolute Gasteiger partial charge is 0.236 e. The lowest BCUT2D eigenvalue weighted by Crippen LogP contribution is -2.53. The van der Waals surface area contributed by atoms with Crippen molar-refractivity contribution >= 4 is 17.5 Å². The third-order valence-corrected chi connectivity index (χ3v) is 4.92. The maximum atomic E-state index is 12.0. The molecule has 0 saturated carbocycles. The van der Waals surface area contributed by atoms with Gasteiger partial charge in [-0.05, 0) is 18.8 Å². The van der Waals surface area contributed by atoms with Crippen LogP contribution in [-0.4, -0.2) is 53.5 Å². The summed E-state index contributed by atoms with van der Waals surface area (Å²) >= 11 is 0. The third-order valence-electron chi connectivity index (χ3n) is 4.92. The van der Waals surface area contributed by atoms with Crippen LogP contribution in [0.25, 0.3) is 0 Å². The summed E-state index contributed by atoms with van der Waals surface area (Å²) in [6, 6.07) is 2.15. The van der Waals surface area contributed by atoms with Crippen molar-refractivity contribution in [3.63, 3.8) is 0 Å². The highest BCUT2D eigenvalue weighted by Crippen LogP contribution is 2.31. The zero-order chi connectivity index (χ0) is 16.4. The molecule has 122 valence electrons. The van der Waals surface area contributed by atoms with Crippen LogP contribution in [0.5, 0.6) is 0 Å². The normalized spacial score (nSPS) is 22.9. The van der Waals surface area contributed by atoms with Crippen molar-refractivity contribution in [2.75, 3.05) is 36.9 Å². The standard InChI is InChI=1S/C16H22N6O/c1-11-5-8-22(14(23)3-6-17)9-13(11)21(2)16-12-4-7-18-15(12)19-10-20-16/h10-11,13H,3-5,7-9H2,1-2H3,(H,18,19,20). The van der Waals surface area contributed by atoms with E-state index in [0.717, 1.165) is 43.1 Å². The summed E-state index contributed by atoms with van der Waals surface area (Å²) < 4.78 is 0. The van der Waals surface area contributed by atoms with Gasteiger partial charge in [-0.15, -0.1) is 0 Å². The minimum absolute atomic E-state index is 0.0440. The first-order valence-corrected chi connectivity index (χ1v) is 8.07. The number of likely N-dealkylation sites (tertiary alicyclic amines) is 1. The largest absolute Gasteiger partial charge is 0.369 e. The third kappa shape index (κ3) is 2.93. The van der Waals surface area contributed by atoms with Crippen molar-refractivity contribution in [1.82, 2.24) is 14.9 Å². The minimum Gasteiger partial charge on any atom is -0.369 e. The molecule has 1 amide bonds. The van der Waals surface area contributed by atoms with Gasteiger partial charge in [-0.25, -0.2) is 9.97 Å². The number of hydrogen-bond acceptors (Lipinski definition) is 6. The SMILES string of the molecule is CC1CCN(C(=O)CC#N)CC1N(C)c1ncnc2c1CCN2. The molecule has 0 spiro atoms. The molecule has 3 rings (SSSR count). The molecule has 2 aliphatic rings. The number of carbonyl (C=O) groups excluding carboxylic acids is 1. The van der Waals surface area contributed by atoms with Crippen LogP contribution in [-0.2, 0) is 11.2 Å². The lowest BCUT2D eigenvalue weighted by atomic mass is 9.92. The Balaban J connectivity index is 1.80. The lowest BCUT2D eigenvalue weighted by Gasteiger charge is -2.42. The number of likely N-dealkylation sites (N-methyl/N-ethyl adjacent to an activating group) is 1. The zero-order valence-corrected chi connectivity index (χ0v) is 13.6. The summed E-state index contributed by atoms with van der Waals surface area (Å²) in [7, 11) is 2.04. The van der Waals surface area contributed by atoms with Gasteiger partial charge in [-0.1, -0.05) is 6.92 Å². The van der Waals surface area contributed by atoms with E-state index in [1.165, 1.54) is 0 Å². The Morgan fingerprint density at radius 3 is 3.17 bits per heavy atom. The van der Waals surface area contributed by atoms with Gasteiger partial charge in [-0.3, -0.25) is 4.79 Å². The van der Waals surface area contributed by atoms with E-state index >= 15 is 0 Å². The number of rotatable bonds is 3. The first-order valence-electron chi connectivity index (χ1n) is 8.07. The molecular formula is C16H22N6O. The Morgan fingerprint density at radius 2 is 2.39 bits per heavy atom. The zero-order valence-electron chi connectivity index (χ0n) is 13.6. The predicted octanol–water partition coefficient (Wildman–Crippen LogP) is 1.03. The van der Waals surface area contributed by atoms with Crippen LogP contribution in [0.4, 0.5) is 11.6 Å². The maximum absolute atomic E-state index is 12.0. The molecule has 2 unspecified atom stereocenters. The highest BCUT2D eigenvalue weighted by molar-refractivity contribution is 5.78. The van der Waals surface area contributed by atoms with Crippen molar-refractivity contribution in [1.29, 1.82) is 5.26 Å². The quantitative estimate of drug-likeness (QED) is 0.897. The number of nitrogens with zero attached hydrogens (tertiary/aromatic N) is 5. The van der Waals surface area contributed by atoms with Gasteiger partial charge in [0.05, 0.1) is 12.1 Å². The number of carbonyl (C=O) groups is 1. The number of nitriles is 1. The summed E-state index contributed by atoms with van der Waals surface area (Å²) in [5, 5.41) is 12.0. The fourth-order valence-corrected chi connectivity index (χ4v) is 3.51. The molecule has 23 heavy (non-hydrogen) atoms. The van der Waals surface area contributed by atoms with Crippen LogP contribution in [0.3, 0.4) is 0 Å². The van der Waals surface area contributed by atoms with Gasteiger partial charge in [0.2, 0.25) is 5.91 Å². The second-order valence-electron chi connectivity index (χ2n) is 6.32. The molecule has 2 aliphatic heterocycles. The minimum atomic E-state index is -0.0765. The van der Waals surface area contributed by atoms with E-state index in [0.29, 0.717) is 12.5 Å². The van der Waals surface area contributed by atoms with E-state index in [1.54, 1.807) is 6.33 Å². The van der Waals surface area contributed by atoms with Crippen molar-refractivity contribution in [3.8, 4) is 6.07 Å². The number of fused-ring (bicyclic) bond motifs is 1. The summed E-state index contributed by atoms with van der Waals surface area (Å²) in [4.78, 5) is 24.8. The van der Waals surface area contributed by atoms with Gasteiger partial charge in [0, 0.05) is 32.2 Å². The number of anilines is 2. The molecular weight excluding hydrogens is 292 g/mol. The second-order valence-corrected chi connectivity index (χ2v) is 6.32. The average Bonchev–Trinajstić information content (AvgIpc) is 3.03. The fourth-order valence-electron chi connectivity index (χ4n) is 3.51. The van der Waals surface area contributed by atoms with E-state index in [2.05, 4.69) is 27.1 Å². The first kappa shape index (κ1) is 15.5. The van der Waals surface area contributed by atoms with Gasteiger partial charge >= 0.3 is 0 Å². The van der Waals surface area contributed by atoms with Crippen molar-refractivity contribution in [2.45, 2.75) is 32.2 Å². The van der Waals surface area contributed by atoms with Gasteiger partial charge in [0.25, 0.3) is 0 Å². The number of amides is 1. The summed E-state index contributed by atoms with van der Waals surface area (Å²) in [5.41, 5.74) is 1.16. The topological polar surface area (TPSA) is 85.2 Å². The van der Waals surface area contributed by atoms with Crippen LogP contribution in [0.2, 0.25) is 0 Å². The highest BCUT2D eigenvalue weighted by Gasteiger charge is 2.33. The average molecular weight is 314 g/mol. The molecule has 3 heterocycles. The Bertz CT molecular complexity index is 640. The molecule has 0 aliphatic carbocycles. The Labute approximate surface area is 136 Å². The van der Waals surface area contributed by atoms with E-state index in [9.17, 15) is 4.79 Å². The summed E-state index contributed by atoms with van der Waals surface area (Å²) in [6.07, 6.45) is 3.42. The van der Waals surface area contributed by atoms with Crippen LogP contribution < -0.4 is 10.2 Å². The highest BCUT2D eigenvalue weighted by atomic mass is 16.2. The van der Waals surface area contributed by atoms with E-state index in [-0.39, 0.29) is 18.4 Å². The maximum Gasteiger partial charge on any atom is 0.236 e. The molecule has 1 N–H and O–H groups in total. The molecule has 1 saturated heterocycles. The van der Waals surface area contributed by atoms with Crippen LogP contribution in [0.1, 0.15) is 25.3 Å². The number of hydrogen-bond donors (Lipinski definition) is 1.